The van der Waals surface area contributed by atoms with Gasteiger partial charge in [-0.3, -0.25) is 14.5 Å². The predicted molar refractivity (Wildman–Crippen MR) is 116 cm³/mol. The average molecular weight is 422 g/mol. The number of aliphatic hydroxyl groups is 1. The van der Waals surface area contributed by atoms with Gasteiger partial charge in [0.15, 0.2) is 0 Å². The Kier molecular flexibility index (Phi) is 6.06. The van der Waals surface area contributed by atoms with Crippen LogP contribution in [-0.4, -0.2) is 71.1 Å². The van der Waals surface area contributed by atoms with Crippen molar-refractivity contribution in [1.29, 1.82) is 0 Å². The number of hydrogen-bond donors (Lipinski definition) is 2. The fourth-order valence-corrected chi connectivity index (χ4v) is 4.05. The zero-order valence-electron chi connectivity index (χ0n) is 17.5. The highest BCUT2D eigenvalue weighted by Gasteiger charge is 2.46. The maximum atomic E-state index is 13.0. The molecule has 162 valence electrons. The lowest BCUT2D eigenvalue weighted by molar-refractivity contribution is -0.140. The van der Waals surface area contributed by atoms with E-state index < -0.39 is 17.7 Å². The Balaban J connectivity index is 1.72. The van der Waals surface area contributed by atoms with Crippen LogP contribution < -0.4 is 0 Å². The molecule has 2 saturated heterocycles. The fourth-order valence-electron chi connectivity index (χ4n) is 4.05. The molecule has 1 atom stereocenters. The second kappa shape index (κ2) is 8.91. The van der Waals surface area contributed by atoms with Crippen LogP contribution in [0.1, 0.15) is 22.7 Å². The van der Waals surface area contributed by atoms with Gasteiger partial charge >= 0.3 is 0 Å². The van der Waals surface area contributed by atoms with E-state index in [1.54, 1.807) is 24.3 Å². The SMILES string of the molecule is Cc1ccc(/C(O)=C2/C(=O)C(=O)N(CCN3CCOCC3)[C@@H]2c2ccc(O)cc2)cc1. The highest BCUT2D eigenvalue weighted by atomic mass is 16.5. The Morgan fingerprint density at radius 1 is 1.00 bits per heavy atom. The van der Waals surface area contributed by atoms with E-state index in [4.69, 9.17) is 4.74 Å². The van der Waals surface area contributed by atoms with Gasteiger partial charge in [0.2, 0.25) is 0 Å². The van der Waals surface area contributed by atoms with Crippen LogP contribution in [-0.2, 0) is 14.3 Å². The van der Waals surface area contributed by atoms with Gasteiger partial charge in [0.05, 0.1) is 24.8 Å². The van der Waals surface area contributed by atoms with Crippen molar-refractivity contribution in [2.24, 2.45) is 0 Å². The number of phenolic OH excluding ortho intramolecular Hbond substituents is 1. The van der Waals surface area contributed by atoms with Gasteiger partial charge in [-0.15, -0.1) is 0 Å². The number of aromatic hydroxyl groups is 1. The molecule has 0 unspecified atom stereocenters. The summed E-state index contributed by atoms with van der Waals surface area (Å²) in [5.74, 6) is -1.42. The van der Waals surface area contributed by atoms with Crippen LogP contribution in [0, 0.1) is 6.92 Å². The standard InChI is InChI=1S/C24H26N2O5/c1-16-2-4-18(5-3-16)22(28)20-21(17-6-8-19(27)9-7-17)26(24(30)23(20)29)11-10-25-12-14-31-15-13-25/h2-9,21,27-28H,10-15H2,1H3/b22-20-/t21-/m1/s1. The maximum absolute atomic E-state index is 13.0. The van der Waals surface area contributed by atoms with Crippen molar-refractivity contribution in [1.82, 2.24) is 9.80 Å². The minimum absolute atomic E-state index is 0.0709. The number of amides is 1. The van der Waals surface area contributed by atoms with Gasteiger partial charge in [-0.05, 0) is 24.6 Å². The van der Waals surface area contributed by atoms with E-state index in [1.165, 1.54) is 17.0 Å². The summed E-state index contributed by atoms with van der Waals surface area (Å²) in [5.41, 5.74) is 2.24. The normalized spacial score (nSPS) is 21.6. The molecule has 4 rings (SSSR count). The summed E-state index contributed by atoms with van der Waals surface area (Å²) in [4.78, 5) is 29.7. The molecule has 0 aliphatic carbocycles. The minimum atomic E-state index is -0.719. The molecule has 0 radical (unpaired) electrons. The number of Topliss-reactive ketones (excluding diaryl/α,β-unsaturated/α-hetero) is 1. The van der Waals surface area contributed by atoms with Crippen molar-refractivity contribution in [2.75, 3.05) is 39.4 Å². The van der Waals surface area contributed by atoms with Crippen molar-refractivity contribution in [2.45, 2.75) is 13.0 Å². The summed E-state index contributed by atoms with van der Waals surface area (Å²) in [7, 11) is 0. The van der Waals surface area contributed by atoms with Gasteiger partial charge < -0.3 is 19.8 Å². The highest BCUT2D eigenvalue weighted by Crippen LogP contribution is 2.39. The zero-order valence-corrected chi connectivity index (χ0v) is 17.5. The first kappa shape index (κ1) is 21.1. The number of ketones is 1. The molecule has 0 spiro atoms. The van der Waals surface area contributed by atoms with Crippen LogP contribution in [0.3, 0.4) is 0 Å². The molecule has 1 amide bonds. The molecule has 2 fully saturated rings. The number of nitrogens with zero attached hydrogens (tertiary/aromatic N) is 2. The summed E-state index contributed by atoms with van der Waals surface area (Å²) < 4.78 is 5.38. The van der Waals surface area contributed by atoms with Gasteiger partial charge in [0.25, 0.3) is 11.7 Å². The molecule has 2 aromatic rings. The van der Waals surface area contributed by atoms with Crippen LogP contribution in [0.2, 0.25) is 0 Å². The third kappa shape index (κ3) is 4.33. The molecular formula is C24H26N2O5. The number of likely N-dealkylation sites (tertiary alicyclic amines) is 1. The van der Waals surface area contributed by atoms with E-state index in [-0.39, 0.29) is 17.1 Å². The van der Waals surface area contributed by atoms with Gasteiger partial charge in [0, 0.05) is 31.7 Å². The lowest BCUT2D eigenvalue weighted by Gasteiger charge is -2.31. The first-order chi connectivity index (χ1) is 15.0. The summed E-state index contributed by atoms with van der Waals surface area (Å²) in [6.45, 7) is 5.73. The Labute approximate surface area is 181 Å². The lowest BCUT2D eigenvalue weighted by Crippen LogP contribution is -2.42. The van der Waals surface area contributed by atoms with Crippen LogP contribution >= 0.6 is 0 Å². The molecule has 2 N–H and O–H groups in total. The topological polar surface area (TPSA) is 90.3 Å². The van der Waals surface area contributed by atoms with Gasteiger partial charge in [-0.2, -0.15) is 0 Å². The number of carbonyl (C=O) groups is 2. The zero-order chi connectivity index (χ0) is 22.0. The Hall–Kier alpha value is -3.16. The Bertz CT molecular complexity index is 992. The van der Waals surface area contributed by atoms with Crippen LogP contribution in [0.15, 0.2) is 54.1 Å². The van der Waals surface area contributed by atoms with E-state index in [1.807, 2.05) is 19.1 Å². The third-order valence-corrected chi connectivity index (χ3v) is 5.83. The number of benzene rings is 2. The largest absolute Gasteiger partial charge is 0.508 e. The molecule has 2 heterocycles. The van der Waals surface area contributed by atoms with Gasteiger partial charge in [-0.1, -0.05) is 42.0 Å². The number of ether oxygens (including phenoxy) is 1. The highest BCUT2D eigenvalue weighted by molar-refractivity contribution is 6.46. The number of aryl methyl sites for hydroxylation is 1. The predicted octanol–water partition coefficient (Wildman–Crippen LogP) is 2.45. The quantitative estimate of drug-likeness (QED) is 0.437. The second-order valence-corrected chi connectivity index (χ2v) is 7.90. The molecule has 0 saturated carbocycles. The number of carbonyl (C=O) groups excluding carboxylic acids is 2. The third-order valence-electron chi connectivity index (χ3n) is 5.83. The average Bonchev–Trinajstić information content (AvgIpc) is 3.04. The summed E-state index contributed by atoms with van der Waals surface area (Å²) in [5, 5.41) is 20.7. The number of aliphatic hydroxyl groups excluding tert-OH is 1. The van der Waals surface area contributed by atoms with Gasteiger partial charge in [-0.25, -0.2) is 0 Å². The van der Waals surface area contributed by atoms with E-state index in [2.05, 4.69) is 4.90 Å². The molecule has 0 bridgehead atoms. The van der Waals surface area contributed by atoms with E-state index >= 15 is 0 Å². The molecule has 7 heteroatoms. The molecule has 7 nitrogen and oxygen atoms in total. The summed E-state index contributed by atoms with van der Waals surface area (Å²) in [6.07, 6.45) is 0. The summed E-state index contributed by atoms with van der Waals surface area (Å²) >= 11 is 0. The van der Waals surface area contributed by atoms with Crippen molar-refractivity contribution in [3.63, 3.8) is 0 Å². The number of morpholine rings is 1. The van der Waals surface area contributed by atoms with Crippen molar-refractivity contribution < 1.29 is 24.5 Å². The van der Waals surface area contributed by atoms with Crippen LogP contribution in [0.25, 0.3) is 5.76 Å². The fraction of sp³-hybridized carbons (Fsp3) is 0.333. The first-order valence-corrected chi connectivity index (χ1v) is 10.4. The summed E-state index contributed by atoms with van der Waals surface area (Å²) in [6, 6.07) is 12.8. The molecule has 2 aliphatic heterocycles. The molecule has 31 heavy (non-hydrogen) atoms. The van der Waals surface area contributed by atoms with Gasteiger partial charge in [0.1, 0.15) is 11.5 Å². The maximum Gasteiger partial charge on any atom is 0.295 e. The lowest BCUT2D eigenvalue weighted by atomic mass is 9.95. The van der Waals surface area contributed by atoms with E-state index in [9.17, 15) is 19.8 Å². The van der Waals surface area contributed by atoms with Crippen molar-refractivity contribution in [3.8, 4) is 5.75 Å². The minimum Gasteiger partial charge on any atom is -0.508 e. The first-order valence-electron chi connectivity index (χ1n) is 10.4. The molecule has 2 aliphatic rings. The van der Waals surface area contributed by atoms with Crippen LogP contribution in [0.5, 0.6) is 5.75 Å². The monoisotopic (exact) mass is 422 g/mol. The van der Waals surface area contributed by atoms with Crippen molar-refractivity contribution in [3.05, 3.63) is 70.8 Å². The van der Waals surface area contributed by atoms with E-state index in [0.717, 1.165) is 18.7 Å². The smallest absolute Gasteiger partial charge is 0.295 e. The Morgan fingerprint density at radius 2 is 1.65 bits per heavy atom. The van der Waals surface area contributed by atoms with Crippen molar-refractivity contribution >= 4 is 17.4 Å². The molecule has 0 aromatic heterocycles. The van der Waals surface area contributed by atoms with Crippen LogP contribution in [0.4, 0.5) is 0 Å². The van der Waals surface area contributed by atoms with E-state index in [0.29, 0.717) is 37.4 Å². The molecule has 2 aromatic carbocycles. The molecular weight excluding hydrogens is 396 g/mol. The number of hydrogen-bond acceptors (Lipinski definition) is 6. The Morgan fingerprint density at radius 3 is 2.29 bits per heavy atom. The number of phenols is 1. The second-order valence-electron chi connectivity index (χ2n) is 7.90. The number of rotatable bonds is 5.